The zero-order valence-corrected chi connectivity index (χ0v) is 15.1. The third-order valence-electron chi connectivity index (χ3n) is 4.38. The van der Waals surface area contributed by atoms with E-state index >= 15 is 0 Å². The van der Waals surface area contributed by atoms with Crippen LogP contribution >= 0.6 is 0 Å². The van der Waals surface area contributed by atoms with Crippen LogP contribution in [0.4, 0.5) is 0 Å². The van der Waals surface area contributed by atoms with Crippen molar-refractivity contribution >= 4 is 5.91 Å². The molecule has 0 aliphatic carbocycles. The first-order valence-corrected chi connectivity index (χ1v) is 8.25. The van der Waals surface area contributed by atoms with Gasteiger partial charge < -0.3 is 9.88 Å². The first-order valence-electron chi connectivity index (χ1n) is 8.25. The first-order chi connectivity index (χ1) is 11.9. The highest BCUT2D eigenvalue weighted by Gasteiger charge is 2.16. The Bertz CT molecular complexity index is 873. The number of H-pyrrole nitrogens is 1. The summed E-state index contributed by atoms with van der Waals surface area (Å²) in [5, 5.41) is 13.3. The van der Waals surface area contributed by atoms with Gasteiger partial charge in [0.05, 0.1) is 6.20 Å². The van der Waals surface area contributed by atoms with Gasteiger partial charge in [-0.05, 0) is 38.3 Å². The average Bonchev–Trinajstić information content (AvgIpc) is 2.97. The lowest BCUT2D eigenvalue weighted by Crippen LogP contribution is -2.30. The molecular weight excluding hydrogens is 318 g/mol. The number of aromatic amines is 1. The number of nitrogens with one attached hydrogen (secondary N) is 1. The van der Waals surface area contributed by atoms with Crippen molar-refractivity contribution in [3.8, 4) is 6.07 Å². The maximum Gasteiger partial charge on any atom is 0.266 e. The van der Waals surface area contributed by atoms with Crippen molar-refractivity contribution in [1.29, 1.82) is 5.26 Å². The van der Waals surface area contributed by atoms with Gasteiger partial charge in [0.15, 0.2) is 0 Å². The van der Waals surface area contributed by atoms with E-state index in [0.29, 0.717) is 37.2 Å². The fraction of sp³-hybridized carbons (Fsp3) is 0.444. The highest BCUT2D eigenvalue weighted by molar-refractivity contribution is 5.76. The van der Waals surface area contributed by atoms with Crippen LogP contribution in [0.1, 0.15) is 41.3 Å². The van der Waals surface area contributed by atoms with Crippen molar-refractivity contribution in [3.63, 3.8) is 0 Å². The van der Waals surface area contributed by atoms with E-state index in [4.69, 9.17) is 5.26 Å². The van der Waals surface area contributed by atoms with E-state index in [0.717, 1.165) is 11.1 Å². The quantitative estimate of drug-likeness (QED) is 0.863. The molecular formula is C18H23N5O2. The summed E-state index contributed by atoms with van der Waals surface area (Å²) in [6.45, 7) is 6.63. The van der Waals surface area contributed by atoms with Crippen LogP contribution in [-0.2, 0) is 24.8 Å². The lowest BCUT2D eigenvalue weighted by atomic mass is 9.99. The monoisotopic (exact) mass is 341 g/mol. The molecule has 0 saturated carbocycles. The molecule has 0 aliphatic heterocycles. The molecule has 2 aromatic heterocycles. The Labute approximate surface area is 146 Å². The Balaban J connectivity index is 2.11. The van der Waals surface area contributed by atoms with Crippen molar-refractivity contribution in [2.45, 2.75) is 40.2 Å². The number of amides is 1. The van der Waals surface area contributed by atoms with Crippen LogP contribution in [0.2, 0.25) is 0 Å². The van der Waals surface area contributed by atoms with Crippen LogP contribution in [0, 0.1) is 25.2 Å². The minimum Gasteiger partial charge on any atom is -0.339 e. The summed E-state index contributed by atoms with van der Waals surface area (Å²) in [7, 11) is 1.84. The van der Waals surface area contributed by atoms with Crippen molar-refractivity contribution < 1.29 is 4.79 Å². The summed E-state index contributed by atoms with van der Waals surface area (Å²) in [4.78, 5) is 28.8. The average molecular weight is 341 g/mol. The molecule has 1 amide bonds. The Morgan fingerprint density at radius 3 is 2.72 bits per heavy atom. The maximum atomic E-state index is 12.6. The largest absolute Gasteiger partial charge is 0.339 e. The third kappa shape index (κ3) is 4.15. The predicted molar refractivity (Wildman–Crippen MR) is 93.9 cm³/mol. The summed E-state index contributed by atoms with van der Waals surface area (Å²) in [5.41, 5.74) is 2.97. The summed E-state index contributed by atoms with van der Waals surface area (Å²) < 4.78 is 1.71. The van der Waals surface area contributed by atoms with Gasteiger partial charge in [0.2, 0.25) is 5.91 Å². The van der Waals surface area contributed by atoms with Crippen LogP contribution in [0.15, 0.2) is 17.2 Å². The van der Waals surface area contributed by atoms with Crippen LogP contribution in [0.3, 0.4) is 0 Å². The van der Waals surface area contributed by atoms with E-state index < -0.39 is 0 Å². The van der Waals surface area contributed by atoms with Gasteiger partial charge in [-0.1, -0.05) is 0 Å². The van der Waals surface area contributed by atoms with Crippen molar-refractivity contribution in [2.75, 3.05) is 6.54 Å². The van der Waals surface area contributed by atoms with Gasteiger partial charge in [-0.2, -0.15) is 10.4 Å². The fourth-order valence-corrected chi connectivity index (χ4v) is 2.96. The summed E-state index contributed by atoms with van der Waals surface area (Å²) in [5.74, 6) is 0.0369. The highest BCUT2D eigenvalue weighted by Crippen LogP contribution is 2.16. The minimum atomic E-state index is -0.376. The van der Waals surface area contributed by atoms with Gasteiger partial charge in [0.1, 0.15) is 11.6 Å². The Morgan fingerprint density at radius 2 is 2.16 bits per heavy atom. The van der Waals surface area contributed by atoms with Crippen molar-refractivity contribution in [3.05, 3.63) is 50.7 Å². The highest BCUT2D eigenvalue weighted by atomic mass is 16.2. The molecule has 0 aliphatic rings. The second-order valence-electron chi connectivity index (χ2n) is 6.10. The number of aryl methyl sites for hydroxylation is 2. The summed E-state index contributed by atoms with van der Waals surface area (Å²) in [6.07, 6.45) is 4.47. The topological polar surface area (TPSA) is 94.8 Å². The molecule has 2 heterocycles. The van der Waals surface area contributed by atoms with Gasteiger partial charge in [-0.25, -0.2) is 0 Å². The number of pyridine rings is 1. The number of carbonyl (C=O) groups excluding carboxylic acids is 1. The van der Waals surface area contributed by atoms with Gasteiger partial charge in [-0.3, -0.25) is 14.3 Å². The first kappa shape index (κ1) is 18.5. The van der Waals surface area contributed by atoms with Gasteiger partial charge in [0.25, 0.3) is 5.56 Å². The van der Waals surface area contributed by atoms with Gasteiger partial charge in [0, 0.05) is 44.0 Å². The lowest BCUT2D eigenvalue weighted by Gasteiger charge is -2.20. The Morgan fingerprint density at radius 1 is 1.44 bits per heavy atom. The third-order valence-corrected chi connectivity index (χ3v) is 4.38. The smallest absolute Gasteiger partial charge is 0.266 e. The van der Waals surface area contributed by atoms with E-state index in [2.05, 4.69) is 10.1 Å². The van der Waals surface area contributed by atoms with E-state index in [1.165, 1.54) is 0 Å². The van der Waals surface area contributed by atoms with Crippen molar-refractivity contribution in [1.82, 2.24) is 19.7 Å². The molecule has 0 aromatic carbocycles. The molecule has 0 fully saturated rings. The second-order valence-corrected chi connectivity index (χ2v) is 6.10. The minimum absolute atomic E-state index is 0.0369. The number of hydrogen-bond acceptors (Lipinski definition) is 4. The Kier molecular flexibility index (Phi) is 5.75. The molecule has 7 heteroatoms. The zero-order chi connectivity index (χ0) is 18.6. The lowest BCUT2D eigenvalue weighted by molar-refractivity contribution is -0.131. The van der Waals surface area contributed by atoms with Crippen LogP contribution in [0.25, 0.3) is 0 Å². The summed E-state index contributed by atoms with van der Waals surface area (Å²) >= 11 is 0. The fourth-order valence-electron chi connectivity index (χ4n) is 2.96. The van der Waals surface area contributed by atoms with Crippen LogP contribution in [-0.4, -0.2) is 32.1 Å². The number of rotatable bonds is 6. The molecule has 0 spiro atoms. The Hall–Kier alpha value is -2.88. The molecule has 7 nitrogen and oxygen atoms in total. The molecule has 0 saturated heterocycles. The molecule has 0 radical (unpaired) electrons. The number of aromatic nitrogens is 3. The number of hydrogen-bond donors (Lipinski definition) is 1. The van der Waals surface area contributed by atoms with Crippen LogP contribution in [0.5, 0.6) is 0 Å². The zero-order valence-electron chi connectivity index (χ0n) is 15.1. The molecule has 2 aromatic rings. The maximum absolute atomic E-state index is 12.6. The summed E-state index contributed by atoms with van der Waals surface area (Å²) in [6, 6.07) is 1.94. The van der Waals surface area contributed by atoms with Gasteiger partial charge >= 0.3 is 0 Å². The predicted octanol–water partition coefficient (Wildman–Crippen LogP) is 1.58. The standard InChI is InChI=1S/C18H23N5O2/c1-5-23(11-14-9-20-22(4)10-14)17(24)7-6-15-12(2)16(8-19)18(25)21-13(15)3/h9-10H,5-7,11H2,1-4H3,(H,21,25). The van der Waals surface area contributed by atoms with Gasteiger partial charge in [-0.15, -0.1) is 0 Å². The van der Waals surface area contributed by atoms with Crippen LogP contribution < -0.4 is 5.56 Å². The molecule has 25 heavy (non-hydrogen) atoms. The SMILES string of the molecule is CCN(Cc1cnn(C)c1)C(=O)CCc1c(C)[nH]c(=O)c(C#N)c1C. The van der Waals surface area contributed by atoms with E-state index in [-0.39, 0.29) is 17.0 Å². The molecule has 0 bridgehead atoms. The molecule has 0 atom stereocenters. The van der Waals surface area contributed by atoms with E-state index in [1.54, 1.807) is 29.6 Å². The number of carbonyl (C=O) groups is 1. The van der Waals surface area contributed by atoms with E-state index in [1.807, 2.05) is 26.2 Å². The molecule has 1 N–H and O–H groups in total. The number of nitriles is 1. The molecule has 0 unspecified atom stereocenters. The van der Waals surface area contributed by atoms with Crippen molar-refractivity contribution in [2.24, 2.45) is 7.05 Å². The molecule has 132 valence electrons. The normalized spacial score (nSPS) is 10.5. The molecule has 2 rings (SSSR count). The number of nitrogens with zero attached hydrogens (tertiary/aromatic N) is 4. The van der Waals surface area contributed by atoms with E-state index in [9.17, 15) is 9.59 Å². The second kappa shape index (κ2) is 7.79.